The molecule has 1 saturated carbocycles. The van der Waals surface area contributed by atoms with Crippen molar-refractivity contribution in [3.63, 3.8) is 0 Å². The van der Waals surface area contributed by atoms with Crippen LogP contribution in [-0.4, -0.2) is 35.9 Å². The zero-order valence-corrected chi connectivity index (χ0v) is 11.0. The molecule has 0 radical (unpaired) electrons. The Morgan fingerprint density at radius 3 is 2.16 bits per heavy atom. The van der Waals surface area contributed by atoms with Gasteiger partial charge in [0.1, 0.15) is 5.78 Å². The van der Waals surface area contributed by atoms with Crippen LogP contribution in [0.25, 0.3) is 0 Å². The number of hydrogen-bond acceptors (Lipinski definition) is 2. The molecule has 0 aromatic carbocycles. The maximum absolute atomic E-state index is 12.3. The quantitative estimate of drug-likeness (QED) is 0.790. The van der Waals surface area contributed by atoms with Crippen LogP contribution < -0.4 is 0 Å². The van der Waals surface area contributed by atoms with Crippen molar-refractivity contribution in [3.05, 3.63) is 0 Å². The Hall–Kier alpha value is -1.07. The fourth-order valence-corrected chi connectivity index (χ4v) is 3.29. The van der Waals surface area contributed by atoms with Crippen LogP contribution in [0.1, 0.15) is 26.7 Å². The van der Waals surface area contributed by atoms with Crippen LogP contribution in [0.3, 0.4) is 0 Å². The Balaban J connectivity index is 1.84. The van der Waals surface area contributed by atoms with E-state index >= 15 is 0 Å². The summed E-state index contributed by atoms with van der Waals surface area (Å²) < 4.78 is 36.8. The summed E-state index contributed by atoms with van der Waals surface area (Å²) in [6, 6.07) is 0. The molecule has 0 bridgehead atoms. The summed E-state index contributed by atoms with van der Waals surface area (Å²) in [5.74, 6) is -0.902. The summed E-state index contributed by atoms with van der Waals surface area (Å²) in [4.78, 5) is 23.3. The lowest BCUT2D eigenvalue weighted by molar-refractivity contribution is -0.185. The van der Waals surface area contributed by atoms with E-state index in [0.717, 1.165) is 17.7 Å². The number of alkyl halides is 3. The zero-order valence-electron chi connectivity index (χ0n) is 11.0. The van der Waals surface area contributed by atoms with Gasteiger partial charge in [-0.2, -0.15) is 13.2 Å². The third kappa shape index (κ3) is 2.77. The first-order valence-electron chi connectivity index (χ1n) is 6.62. The molecule has 3 nitrogen and oxygen atoms in total. The summed E-state index contributed by atoms with van der Waals surface area (Å²) in [5, 5.41) is 0. The van der Waals surface area contributed by atoms with E-state index in [-0.39, 0.29) is 36.6 Å². The molecule has 1 heterocycles. The number of piperidine rings is 1. The molecule has 1 aliphatic carbocycles. The molecule has 1 aliphatic heterocycles. The summed E-state index contributed by atoms with van der Waals surface area (Å²) in [6.45, 7) is 3.90. The molecule has 2 aliphatic rings. The fourth-order valence-electron chi connectivity index (χ4n) is 3.29. The lowest BCUT2D eigenvalue weighted by Gasteiger charge is -2.22. The minimum atomic E-state index is -4.77. The second kappa shape index (κ2) is 4.80. The topological polar surface area (TPSA) is 37.4 Å². The van der Waals surface area contributed by atoms with Crippen molar-refractivity contribution in [2.45, 2.75) is 32.9 Å². The molecule has 2 unspecified atom stereocenters. The average Bonchev–Trinajstić information content (AvgIpc) is 2.75. The van der Waals surface area contributed by atoms with Crippen molar-refractivity contribution >= 4 is 11.7 Å². The standard InChI is InChI=1S/C13H18F3NO2/c1-3-8(7(2)18)4-9-10-5-17(6-11(9)10)12(19)13(14,15)16/h8-11H,3-6H2,1-2H3/t8?,9?,10-,11+. The number of Topliss-reactive ketones (excluding diaryl/α,β-unsaturated/α-hetero) is 1. The molecule has 6 heteroatoms. The molecule has 1 amide bonds. The van der Waals surface area contributed by atoms with Gasteiger partial charge in [-0.05, 0) is 37.5 Å². The lowest BCUT2D eigenvalue weighted by Crippen LogP contribution is -2.41. The molecule has 4 atom stereocenters. The molecule has 0 aromatic heterocycles. The van der Waals surface area contributed by atoms with Gasteiger partial charge in [0, 0.05) is 19.0 Å². The molecule has 0 spiro atoms. The number of likely N-dealkylation sites (tertiary alicyclic amines) is 1. The van der Waals surface area contributed by atoms with Crippen molar-refractivity contribution in [3.8, 4) is 0 Å². The number of fused-ring (bicyclic) bond motifs is 1. The SMILES string of the molecule is CCC(CC1[C@H]2CN(C(=O)C(F)(F)F)C[C@@H]12)C(C)=O. The predicted octanol–water partition coefficient (Wildman–Crippen LogP) is 2.26. The van der Waals surface area contributed by atoms with Gasteiger partial charge < -0.3 is 4.90 Å². The molecule has 19 heavy (non-hydrogen) atoms. The summed E-state index contributed by atoms with van der Waals surface area (Å²) in [7, 11) is 0. The van der Waals surface area contributed by atoms with Gasteiger partial charge in [0.05, 0.1) is 0 Å². The van der Waals surface area contributed by atoms with Crippen LogP contribution >= 0.6 is 0 Å². The lowest BCUT2D eigenvalue weighted by atomic mass is 9.94. The highest BCUT2D eigenvalue weighted by Crippen LogP contribution is 2.55. The van der Waals surface area contributed by atoms with Gasteiger partial charge in [-0.25, -0.2) is 0 Å². The number of nitrogens with zero attached hydrogens (tertiary/aromatic N) is 1. The van der Waals surface area contributed by atoms with E-state index in [0.29, 0.717) is 5.92 Å². The van der Waals surface area contributed by atoms with Crippen molar-refractivity contribution in [2.75, 3.05) is 13.1 Å². The van der Waals surface area contributed by atoms with Crippen LogP contribution in [-0.2, 0) is 9.59 Å². The second-order valence-corrected chi connectivity index (χ2v) is 5.65. The highest BCUT2D eigenvalue weighted by molar-refractivity contribution is 5.82. The van der Waals surface area contributed by atoms with E-state index in [1.165, 1.54) is 0 Å². The normalized spacial score (nSPS) is 31.0. The van der Waals surface area contributed by atoms with Crippen molar-refractivity contribution in [1.82, 2.24) is 4.90 Å². The summed E-state index contributed by atoms with van der Waals surface area (Å²) >= 11 is 0. The van der Waals surface area contributed by atoms with Gasteiger partial charge in [0.15, 0.2) is 0 Å². The number of rotatable bonds is 4. The van der Waals surface area contributed by atoms with Gasteiger partial charge in [-0.3, -0.25) is 9.59 Å². The highest BCUT2D eigenvalue weighted by Gasteiger charge is 2.59. The first-order chi connectivity index (χ1) is 8.75. The maximum Gasteiger partial charge on any atom is 0.471 e. The van der Waals surface area contributed by atoms with Crippen molar-refractivity contribution in [2.24, 2.45) is 23.7 Å². The molecular formula is C13H18F3NO2. The molecule has 1 saturated heterocycles. The number of carbonyl (C=O) groups is 2. The van der Waals surface area contributed by atoms with Gasteiger partial charge in [-0.1, -0.05) is 6.92 Å². The van der Waals surface area contributed by atoms with Crippen molar-refractivity contribution in [1.29, 1.82) is 0 Å². The summed E-state index contributed by atoms with van der Waals surface area (Å²) in [6.07, 6.45) is -3.23. The Morgan fingerprint density at radius 2 is 1.79 bits per heavy atom. The monoisotopic (exact) mass is 277 g/mol. The zero-order chi connectivity index (χ0) is 14.4. The third-order valence-corrected chi connectivity index (χ3v) is 4.53. The van der Waals surface area contributed by atoms with Gasteiger partial charge in [0.25, 0.3) is 0 Å². The van der Waals surface area contributed by atoms with E-state index in [1.807, 2.05) is 6.92 Å². The maximum atomic E-state index is 12.3. The Kier molecular flexibility index (Phi) is 3.62. The fraction of sp³-hybridized carbons (Fsp3) is 0.846. The predicted molar refractivity (Wildman–Crippen MR) is 62.2 cm³/mol. The highest BCUT2D eigenvalue weighted by atomic mass is 19.4. The van der Waals surface area contributed by atoms with Crippen LogP contribution in [0, 0.1) is 23.7 Å². The molecular weight excluding hydrogens is 259 g/mol. The molecule has 0 N–H and O–H groups in total. The van der Waals surface area contributed by atoms with E-state index in [9.17, 15) is 22.8 Å². The Labute approximate surface area is 110 Å². The number of hydrogen-bond donors (Lipinski definition) is 0. The summed E-state index contributed by atoms with van der Waals surface area (Å²) in [5.41, 5.74) is 0. The molecule has 2 rings (SSSR count). The third-order valence-electron chi connectivity index (χ3n) is 4.53. The minimum absolute atomic E-state index is 0.0161. The first-order valence-corrected chi connectivity index (χ1v) is 6.62. The van der Waals surface area contributed by atoms with E-state index < -0.39 is 12.1 Å². The van der Waals surface area contributed by atoms with Gasteiger partial charge in [0.2, 0.25) is 0 Å². The van der Waals surface area contributed by atoms with Crippen LogP contribution in [0.4, 0.5) is 13.2 Å². The molecule has 108 valence electrons. The van der Waals surface area contributed by atoms with E-state index in [4.69, 9.17) is 0 Å². The number of amides is 1. The van der Waals surface area contributed by atoms with Crippen LogP contribution in [0.15, 0.2) is 0 Å². The minimum Gasteiger partial charge on any atom is -0.334 e. The van der Waals surface area contributed by atoms with E-state index in [2.05, 4.69) is 0 Å². The van der Waals surface area contributed by atoms with E-state index in [1.54, 1.807) is 6.92 Å². The number of halogens is 3. The molecule has 2 fully saturated rings. The Morgan fingerprint density at radius 1 is 1.26 bits per heavy atom. The van der Waals surface area contributed by atoms with Gasteiger partial charge in [-0.15, -0.1) is 0 Å². The molecule has 0 aromatic rings. The van der Waals surface area contributed by atoms with Gasteiger partial charge >= 0.3 is 12.1 Å². The smallest absolute Gasteiger partial charge is 0.334 e. The van der Waals surface area contributed by atoms with Crippen LogP contribution in [0.5, 0.6) is 0 Å². The Bertz CT molecular complexity index is 382. The van der Waals surface area contributed by atoms with Crippen LogP contribution in [0.2, 0.25) is 0 Å². The second-order valence-electron chi connectivity index (χ2n) is 5.65. The largest absolute Gasteiger partial charge is 0.471 e. The number of ketones is 1. The average molecular weight is 277 g/mol. The van der Waals surface area contributed by atoms with Crippen molar-refractivity contribution < 1.29 is 22.8 Å². The number of carbonyl (C=O) groups excluding carboxylic acids is 2. The first kappa shape index (κ1) is 14.3.